The number of ketones is 1. The second-order valence-corrected chi connectivity index (χ2v) is 4.91. The average Bonchev–Trinajstić information content (AvgIpc) is 3.06. The minimum Gasteiger partial charge on any atom is -0.294 e. The molecule has 108 valence electrons. The van der Waals surface area contributed by atoms with Crippen LogP contribution in [0.15, 0.2) is 73.2 Å². The Bertz CT molecular complexity index is 792. The Labute approximate surface area is 128 Å². The summed E-state index contributed by atoms with van der Waals surface area (Å²) in [6.07, 6.45) is 5.04. The molecule has 0 spiro atoms. The summed E-state index contributed by atoms with van der Waals surface area (Å²) in [6.45, 7) is 0. The van der Waals surface area contributed by atoms with Crippen molar-refractivity contribution >= 4 is 11.7 Å². The molecule has 0 aliphatic heterocycles. The molecule has 0 atom stereocenters. The summed E-state index contributed by atoms with van der Waals surface area (Å²) in [5.41, 5.74) is 1.82. The van der Waals surface area contributed by atoms with Gasteiger partial charge in [0.15, 0.2) is 5.78 Å². The SMILES string of the molecule is O=C(Cc1ccccc1)c1ccn(C(=O)c2ccccn2)c1. The van der Waals surface area contributed by atoms with Gasteiger partial charge in [0.1, 0.15) is 5.69 Å². The number of rotatable bonds is 4. The molecule has 0 amide bonds. The Morgan fingerprint density at radius 1 is 0.955 bits per heavy atom. The largest absolute Gasteiger partial charge is 0.294 e. The Morgan fingerprint density at radius 2 is 1.73 bits per heavy atom. The molecule has 0 saturated heterocycles. The van der Waals surface area contributed by atoms with E-state index in [0.717, 1.165) is 5.56 Å². The molecule has 0 aliphatic rings. The van der Waals surface area contributed by atoms with Gasteiger partial charge in [-0.1, -0.05) is 36.4 Å². The molecule has 1 aromatic carbocycles. The summed E-state index contributed by atoms with van der Waals surface area (Å²) in [7, 11) is 0. The zero-order chi connectivity index (χ0) is 15.4. The molecule has 0 fully saturated rings. The highest BCUT2D eigenvalue weighted by Crippen LogP contribution is 2.09. The predicted octanol–water partition coefficient (Wildman–Crippen LogP) is 3.00. The first-order valence-electron chi connectivity index (χ1n) is 6.95. The molecular formula is C18H14N2O2. The van der Waals surface area contributed by atoms with Gasteiger partial charge in [-0.2, -0.15) is 0 Å². The first-order chi connectivity index (χ1) is 10.7. The number of Topliss-reactive ketones (excluding diaryl/α,β-unsaturated/α-hetero) is 1. The third kappa shape index (κ3) is 3.01. The number of hydrogen-bond acceptors (Lipinski definition) is 3. The van der Waals surface area contributed by atoms with E-state index in [2.05, 4.69) is 4.98 Å². The lowest BCUT2D eigenvalue weighted by atomic mass is 10.1. The third-order valence-electron chi connectivity index (χ3n) is 3.34. The molecule has 3 aromatic rings. The molecule has 0 saturated carbocycles. The van der Waals surface area contributed by atoms with Crippen LogP contribution in [0.4, 0.5) is 0 Å². The maximum Gasteiger partial charge on any atom is 0.280 e. The van der Waals surface area contributed by atoms with E-state index in [1.165, 1.54) is 4.57 Å². The first-order valence-corrected chi connectivity index (χ1v) is 6.95. The van der Waals surface area contributed by atoms with Crippen molar-refractivity contribution in [2.75, 3.05) is 0 Å². The van der Waals surface area contributed by atoms with Gasteiger partial charge in [0.2, 0.25) is 0 Å². The Morgan fingerprint density at radius 3 is 2.45 bits per heavy atom. The van der Waals surface area contributed by atoms with Crippen LogP contribution in [0.25, 0.3) is 0 Å². The van der Waals surface area contributed by atoms with Gasteiger partial charge >= 0.3 is 0 Å². The number of carbonyl (C=O) groups excluding carboxylic acids is 2. The van der Waals surface area contributed by atoms with Crippen LogP contribution in [-0.4, -0.2) is 21.2 Å². The van der Waals surface area contributed by atoms with Crippen LogP contribution in [0, 0.1) is 0 Å². The minimum atomic E-state index is -0.251. The van der Waals surface area contributed by atoms with Gasteiger partial charge < -0.3 is 0 Å². The molecule has 2 aromatic heterocycles. The van der Waals surface area contributed by atoms with Crippen LogP contribution >= 0.6 is 0 Å². The monoisotopic (exact) mass is 290 g/mol. The maximum absolute atomic E-state index is 12.2. The average molecular weight is 290 g/mol. The van der Waals surface area contributed by atoms with Crippen LogP contribution in [-0.2, 0) is 6.42 Å². The summed E-state index contributed by atoms with van der Waals surface area (Å²) in [6, 6.07) is 16.3. The minimum absolute atomic E-state index is 0.0150. The van der Waals surface area contributed by atoms with Crippen molar-refractivity contribution < 1.29 is 9.59 Å². The smallest absolute Gasteiger partial charge is 0.280 e. The van der Waals surface area contributed by atoms with Crippen molar-refractivity contribution in [1.82, 2.24) is 9.55 Å². The van der Waals surface area contributed by atoms with E-state index in [1.54, 1.807) is 42.9 Å². The molecule has 0 aliphatic carbocycles. The lowest BCUT2D eigenvalue weighted by Crippen LogP contribution is -2.11. The summed E-state index contributed by atoms with van der Waals surface area (Å²) >= 11 is 0. The van der Waals surface area contributed by atoms with Crippen molar-refractivity contribution in [3.8, 4) is 0 Å². The van der Waals surface area contributed by atoms with Gasteiger partial charge in [0.05, 0.1) is 0 Å². The fourth-order valence-electron chi connectivity index (χ4n) is 2.19. The highest BCUT2D eigenvalue weighted by molar-refractivity contribution is 6.00. The molecule has 4 nitrogen and oxygen atoms in total. The van der Waals surface area contributed by atoms with Crippen molar-refractivity contribution in [3.63, 3.8) is 0 Å². The van der Waals surface area contributed by atoms with Crippen molar-refractivity contribution in [3.05, 3.63) is 90.0 Å². The zero-order valence-corrected chi connectivity index (χ0v) is 11.8. The van der Waals surface area contributed by atoms with E-state index >= 15 is 0 Å². The highest BCUT2D eigenvalue weighted by atomic mass is 16.2. The maximum atomic E-state index is 12.2. The third-order valence-corrected chi connectivity index (χ3v) is 3.34. The number of hydrogen-bond donors (Lipinski definition) is 0. The molecule has 0 unspecified atom stereocenters. The molecule has 2 heterocycles. The number of carbonyl (C=O) groups is 2. The van der Waals surface area contributed by atoms with Gasteiger partial charge in [0, 0.05) is 30.6 Å². The molecule has 22 heavy (non-hydrogen) atoms. The second-order valence-electron chi connectivity index (χ2n) is 4.91. The number of nitrogens with zero attached hydrogens (tertiary/aromatic N) is 2. The van der Waals surface area contributed by atoms with Crippen LogP contribution in [0.1, 0.15) is 26.4 Å². The van der Waals surface area contributed by atoms with Gasteiger partial charge in [-0.15, -0.1) is 0 Å². The van der Waals surface area contributed by atoms with Crippen LogP contribution in [0.5, 0.6) is 0 Å². The summed E-state index contributed by atoms with van der Waals surface area (Å²) in [5.74, 6) is -0.266. The second kappa shape index (κ2) is 6.18. The van der Waals surface area contributed by atoms with E-state index in [-0.39, 0.29) is 11.7 Å². The summed E-state index contributed by atoms with van der Waals surface area (Å²) in [4.78, 5) is 28.5. The molecule has 0 radical (unpaired) electrons. The number of benzene rings is 1. The Hall–Kier alpha value is -3.01. The quantitative estimate of drug-likeness (QED) is 0.694. The van der Waals surface area contributed by atoms with Gasteiger partial charge in [-0.05, 0) is 23.8 Å². The normalized spacial score (nSPS) is 10.4. The van der Waals surface area contributed by atoms with E-state index in [4.69, 9.17) is 0 Å². The molecule has 0 N–H and O–H groups in total. The zero-order valence-electron chi connectivity index (χ0n) is 11.8. The highest BCUT2D eigenvalue weighted by Gasteiger charge is 2.13. The molecular weight excluding hydrogens is 276 g/mol. The number of aromatic nitrogens is 2. The van der Waals surface area contributed by atoms with Crippen molar-refractivity contribution in [2.45, 2.75) is 6.42 Å². The van der Waals surface area contributed by atoms with Crippen LogP contribution in [0.3, 0.4) is 0 Å². The number of pyridine rings is 1. The first kappa shape index (κ1) is 13.9. The van der Waals surface area contributed by atoms with Gasteiger partial charge in [0.25, 0.3) is 5.91 Å². The van der Waals surface area contributed by atoms with E-state index < -0.39 is 0 Å². The van der Waals surface area contributed by atoms with Gasteiger partial charge in [-0.3, -0.25) is 19.1 Å². The van der Waals surface area contributed by atoms with E-state index in [1.807, 2.05) is 30.3 Å². The van der Waals surface area contributed by atoms with Crippen molar-refractivity contribution in [2.24, 2.45) is 0 Å². The fraction of sp³-hybridized carbons (Fsp3) is 0.0556. The molecule has 3 rings (SSSR count). The van der Waals surface area contributed by atoms with E-state index in [9.17, 15) is 9.59 Å². The lowest BCUT2D eigenvalue weighted by Gasteiger charge is -2.01. The Balaban J connectivity index is 1.76. The summed E-state index contributed by atoms with van der Waals surface area (Å²) < 4.78 is 1.39. The van der Waals surface area contributed by atoms with Crippen LogP contribution < -0.4 is 0 Å². The Kier molecular flexibility index (Phi) is 3.92. The van der Waals surface area contributed by atoms with Gasteiger partial charge in [-0.25, -0.2) is 0 Å². The molecule has 0 bridgehead atoms. The topological polar surface area (TPSA) is 52.0 Å². The standard InChI is InChI=1S/C18H14N2O2/c21-17(12-14-6-2-1-3-7-14)15-9-11-20(13-15)18(22)16-8-4-5-10-19-16/h1-11,13H,12H2. The van der Waals surface area contributed by atoms with E-state index in [0.29, 0.717) is 17.7 Å². The van der Waals surface area contributed by atoms with Crippen molar-refractivity contribution in [1.29, 1.82) is 0 Å². The molecule has 4 heteroatoms. The fourth-order valence-corrected chi connectivity index (χ4v) is 2.19. The predicted molar refractivity (Wildman–Crippen MR) is 82.9 cm³/mol. The lowest BCUT2D eigenvalue weighted by molar-refractivity contribution is 0.0955. The summed E-state index contributed by atoms with van der Waals surface area (Å²) in [5, 5.41) is 0. The van der Waals surface area contributed by atoms with Crippen LogP contribution in [0.2, 0.25) is 0 Å².